The predicted molar refractivity (Wildman–Crippen MR) is 78.6 cm³/mol. The summed E-state index contributed by atoms with van der Waals surface area (Å²) in [5.74, 6) is -0.602. The molecule has 0 aliphatic carbocycles. The van der Waals surface area contributed by atoms with Gasteiger partial charge in [0.2, 0.25) is 0 Å². The lowest BCUT2D eigenvalue weighted by atomic mass is 10.1. The fourth-order valence-corrected chi connectivity index (χ4v) is 2.61. The number of phenols is 1. The van der Waals surface area contributed by atoms with Crippen molar-refractivity contribution in [2.75, 3.05) is 0 Å². The van der Waals surface area contributed by atoms with Crippen molar-refractivity contribution in [1.82, 2.24) is 4.90 Å². The molecule has 5 nitrogen and oxygen atoms in total. The molecule has 0 aromatic heterocycles. The van der Waals surface area contributed by atoms with Crippen molar-refractivity contribution in [3.05, 3.63) is 63.0 Å². The molecule has 1 aliphatic heterocycles. The van der Waals surface area contributed by atoms with Crippen molar-refractivity contribution >= 4 is 23.2 Å². The zero-order valence-corrected chi connectivity index (χ0v) is 11.7. The topological polar surface area (TPSA) is 70.0 Å². The van der Waals surface area contributed by atoms with Crippen LogP contribution in [0.3, 0.4) is 0 Å². The molecule has 0 saturated heterocycles. The van der Waals surface area contributed by atoms with Crippen LogP contribution in [-0.2, 0) is 13.1 Å². The van der Waals surface area contributed by atoms with Gasteiger partial charge in [-0.1, -0.05) is 35.9 Å². The highest BCUT2D eigenvalue weighted by Crippen LogP contribution is 2.34. The summed E-state index contributed by atoms with van der Waals surface area (Å²) in [5.41, 5.74) is 2.14. The number of amides is 1. The average Bonchev–Trinajstić information content (AvgIpc) is 2.92. The Morgan fingerprint density at radius 2 is 1.81 bits per heavy atom. The molecule has 106 valence electrons. The van der Waals surface area contributed by atoms with E-state index in [9.17, 15) is 14.8 Å². The van der Waals surface area contributed by atoms with Crippen LogP contribution >= 0.6 is 11.6 Å². The minimum absolute atomic E-state index is 0.0162. The second-order valence-corrected chi connectivity index (χ2v) is 5.25. The molecular formula is C15H11ClN2O3. The van der Waals surface area contributed by atoms with Crippen molar-refractivity contribution in [1.29, 1.82) is 0 Å². The molecule has 3 rings (SSSR count). The summed E-state index contributed by atoms with van der Waals surface area (Å²) in [6, 6.07) is 10.1. The van der Waals surface area contributed by atoms with Crippen LogP contribution in [0.5, 0.6) is 5.75 Å². The standard InChI is InChI=1S/C15H11ClN2O3/c16-12-5-11(13(17-21)6-14(12)19)15(20)18-7-9-3-1-2-4-10(9)8-18/h1-6,19H,7-8H2. The first kappa shape index (κ1) is 13.6. The second kappa shape index (κ2) is 5.18. The number of carbonyl (C=O) groups is 1. The van der Waals surface area contributed by atoms with E-state index in [-0.39, 0.29) is 27.9 Å². The molecule has 6 heteroatoms. The van der Waals surface area contributed by atoms with Gasteiger partial charge in [-0.2, -0.15) is 0 Å². The third-order valence-corrected chi connectivity index (χ3v) is 3.82. The van der Waals surface area contributed by atoms with Gasteiger partial charge < -0.3 is 10.0 Å². The first-order chi connectivity index (χ1) is 10.1. The largest absolute Gasteiger partial charge is 0.506 e. The summed E-state index contributed by atoms with van der Waals surface area (Å²) in [4.78, 5) is 25.0. The normalized spacial score (nSPS) is 13.1. The maximum absolute atomic E-state index is 12.5. The predicted octanol–water partition coefficient (Wildman–Crippen LogP) is 3.60. The van der Waals surface area contributed by atoms with Gasteiger partial charge in [0.15, 0.2) is 0 Å². The number of halogens is 1. The first-order valence-corrected chi connectivity index (χ1v) is 6.70. The lowest BCUT2D eigenvalue weighted by Crippen LogP contribution is -2.25. The van der Waals surface area contributed by atoms with E-state index in [2.05, 4.69) is 5.18 Å². The zero-order valence-electron chi connectivity index (χ0n) is 10.9. The van der Waals surface area contributed by atoms with Gasteiger partial charge in [-0.25, -0.2) is 0 Å². The summed E-state index contributed by atoms with van der Waals surface area (Å²) < 4.78 is 0. The van der Waals surface area contributed by atoms with Crippen molar-refractivity contribution in [3.63, 3.8) is 0 Å². The van der Waals surface area contributed by atoms with E-state index in [1.807, 2.05) is 24.3 Å². The summed E-state index contributed by atoms with van der Waals surface area (Å²) in [7, 11) is 0. The summed E-state index contributed by atoms with van der Waals surface area (Å²) in [6.07, 6.45) is 0. The van der Waals surface area contributed by atoms with Crippen LogP contribution in [0.15, 0.2) is 41.6 Å². The van der Waals surface area contributed by atoms with Gasteiger partial charge in [-0.3, -0.25) is 4.79 Å². The van der Waals surface area contributed by atoms with Crippen LogP contribution in [0.2, 0.25) is 5.02 Å². The maximum Gasteiger partial charge on any atom is 0.256 e. The van der Waals surface area contributed by atoms with Gasteiger partial charge in [0.25, 0.3) is 5.91 Å². The molecule has 2 aromatic carbocycles. The van der Waals surface area contributed by atoms with E-state index < -0.39 is 0 Å². The van der Waals surface area contributed by atoms with Crippen LogP contribution in [0.1, 0.15) is 21.5 Å². The zero-order chi connectivity index (χ0) is 15.0. The van der Waals surface area contributed by atoms with Gasteiger partial charge in [-0.05, 0) is 22.4 Å². The lowest BCUT2D eigenvalue weighted by molar-refractivity contribution is 0.0752. The van der Waals surface area contributed by atoms with E-state index in [0.717, 1.165) is 17.2 Å². The van der Waals surface area contributed by atoms with Gasteiger partial charge in [0.1, 0.15) is 11.4 Å². The lowest BCUT2D eigenvalue weighted by Gasteiger charge is -2.16. The van der Waals surface area contributed by atoms with Crippen molar-refractivity contribution in [2.45, 2.75) is 13.1 Å². The highest BCUT2D eigenvalue weighted by molar-refractivity contribution is 6.32. The Balaban J connectivity index is 1.94. The summed E-state index contributed by atoms with van der Waals surface area (Å²) in [5, 5.41) is 12.3. The Morgan fingerprint density at radius 3 is 2.38 bits per heavy atom. The first-order valence-electron chi connectivity index (χ1n) is 6.32. The van der Waals surface area contributed by atoms with Gasteiger partial charge in [0.05, 0.1) is 10.6 Å². The minimum Gasteiger partial charge on any atom is -0.506 e. The maximum atomic E-state index is 12.5. The molecule has 0 atom stereocenters. The molecule has 0 fully saturated rings. The number of nitroso groups, excluding NO2 is 1. The molecule has 0 radical (unpaired) electrons. The number of aromatic hydroxyl groups is 1. The van der Waals surface area contributed by atoms with E-state index in [1.54, 1.807) is 4.90 Å². The monoisotopic (exact) mass is 302 g/mol. The fraction of sp³-hybridized carbons (Fsp3) is 0.133. The molecule has 0 bridgehead atoms. The Hall–Kier alpha value is -2.40. The second-order valence-electron chi connectivity index (χ2n) is 4.84. The molecular weight excluding hydrogens is 292 g/mol. The Kier molecular flexibility index (Phi) is 3.35. The van der Waals surface area contributed by atoms with Gasteiger partial charge in [0, 0.05) is 19.2 Å². The molecule has 0 saturated carbocycles. The number of hydrogen-bond acceptors (Lipinski definition) is 4. The summed E-state index contributed by atoms with van der Waals surface area (Å²) in [6.45, 7) is 0.956. The smallest absolute Gasteiger partial charge is 0.256 e. The molecule has 1 aliphatic rings. The average molecular weight is 303 g/mol. The third-order valence-electron chi connectivity index (χ3n) is 3.52. The fourth-order valence-electron chi connectivity index (χ4n) is 2.44. The molecule has 1 heterocycles. The van der Waals surface area contributed by atoms with Crippen molar-refractivity contribution in [3.8, 4) is 5.75 Å². The van der Waals surface area contributed by atoms with Crippen LogP contribution in [0.4, 0.5) is 5.69 Å². The number of benzene rings is 2. The molecule has 1 N–H and O–H groups in total. The molecule has 0 spiro atoms. The van der Waals surface area contributed by atoms with Crippen molar-refractivity contribution in [2.24, 2.45) is 5.18 Å². The summed E-state index contributed by atoms with van der Waals surface area (Å²) >= 11 is 5.82. The molecule has 1 amide bonds. The number of rotatable bonds is 2. The van der Waals surface area contributed by atoms with Crippen molar-refractivity contribution < 1.29 is 9.90 Å². The number of carbonyl (C=O) groups excluding carboxylic acids is 1. The van der Waals surface area contributed by atoms with E-state index in [1.165, 1.54) is 6.07 Å². The number of phenolic OH excluding ortho intramolecular Hbond substituents is 1. The molecule has 21 heavy (non-hydrogen) atoms. The van der Waals surface area contributed by atoms with E-state index >= 15 is 0 Å². The van der Waals surface area contributed by atoms with Gasteiger partial charge >= 0.3 is 0 Å². The number of hydrogen-bond donors (Lipinski definition) is 1. The highest BCUT2D eigenvalue weighted by atomic mass is 35.5. The Bertz CT molecular complexity index is 721. The Labute approximate surface area is 125 Å². The quantitative estimate of drug-likeness (QED) is 0.862. The van der Waals surface area contributed by atoms with Gasteiger partial charge in [-0.15, -0.1) is 4.91 Å². The van der Waals surface area contributed by atoms with Crippen LogP contribution < -0.4 is 0 Å². The molecule has 2 aromatic rings. The SMILES string of the molecule is O=Nc1cc(O)c(Cl)cc1C(=O)N1Cc2ccccc2C1. The Morgan fingerprint density at radius 1 is 1.19 bits per heavy atom. The highest BCUT2D eigenvalue weighted by Gasteiger charge is 2.26. The number of fused-ring (bicyclic) bond motifs is 1. The van der Waals surface area contributed by atoms with Crippen LogP contribution in [-0.4, -0.2) is 15.9 Å². The van der Waals surface area contributed by atoms with E-state index in [0.29, 0.717) is 13.1 Å². The third kappa shape index (κ3) is 2.36. The number of nitrogens with zero attached hydrogens (tertiary/aromatic N) is 2. The van der Waals surface area contributed by atoms with E-state index in [4.69, 9.17) is 11.6 Å². The van der Waals surface area contributed by atoms with Crippen LogP contribution in [0, 0.1) is 4.91 Å². The minimum atomic E-state index is -0.331. The van der Waals surface area contributed by atoms with Crippen LogP contribution in [0.25, 0.3) is 0 Å². The molecule has 0 unspecified atom stereocenters.